The maximum absolute atomic E-state index is 12.3. The summed E-state index contributed by atoms with van der Waals surface area (Å²) in [4.78, 5) is 26.6. The van der Waals surface area contributed by atoms with E-state index in [1.807, 2.05) is 12.1 Å². The van der Waals surface area contributed by atoms with Crippen LogP contribution in [0.15, 0.2) is 24.3 Å². The van der Waals surface area contributed by atoms with Crippen molar-refractivity contribution in [2.24, 2.45) is 11.8 Å². The van der Waals surface area contributed by atoms with E-state index >= 15 is 0 Å². The van der Waals surface area contributed by atoms with Gasteiger partial charge in [-0.25, -0.2) is 0 Å². The lowest BCUT2D eigenvalue weighted by molar-refractivity contribution is -0.125. The number of benzene rings is 1. The molecule has 2 aliphatic carbocycles. The Hall–Kier alpha value is -2.04. The van der Waals surface area contributed by atoms with Crippen LogP contribution in [0.25, 0.3) is 0 Å². The van der Waals surface area contributed by atoms with E-state index in [1.165, 1.54) is 24.9 Å². The molecule has 2 amide bonds. The second-order valence-corrected chi connectivity index (χ2v) is 7.32. The largest absolute Gasteiger partial charge is 0.372 e. The fourth-order valence-electron chi connectivity index (χ4n) is 3.45. The number of hydrogen-bond donors (Lipinski definition) is 2. The fourth-order valence-corrected chi connectivity index (χ4v) is 3.45. The van der Waals surface area contributed by atoms with Gasteiger partial charge in [0.15, 0.2) is 0 Å². The summed E-state index contributed by atoms with van der Waals surface area (Å²) in [6.45, 7) is 2.23. The second-order valence-electron chi connectivity index (χ2n) is 7.32. The smallest absolute Gasteiger partial charge is 0.228 e. The Morgan fingerprint density at radius 1 is 0.917 bits per heavy atom. The van der Waals surface area contributed by atoms with Crippen LogP contribution in [0.4, 0.5) is 11.4 Å². The lowest BCUT2D eigenvalue weighted by atomic mass is 10.1. The first-order valence-corrected chi connectivity index (χ1v) is 9.17. The van der Waals surface area contributed by atoms with E-state index in [1.54, 1.807) is 0 Å². The number of nitrogens with zero attached hydrogens (tertiary/aromatic N) is 1. The van der Waals surface area contributed by atoms with E-state index in [2.05, 4.69) is 27.7 Å². The quantitative estimate of drug-likeness (QED) is 0.873. The Morgan fingerprint density at radius 3 is 2.25 bits per heavy atom. The van der Waals surface area contributed by atoms with Crippen LogP contribution in [0.3, 0.4) is 0 Å². The molecule has 1 aliphatic heterocycles. The first-order chi connectivity index (χ1) is 11.7. The number of carbonyl (C=O) groups excluding carboxylic acids is 2. The Balaban J connectivity index is 1.29. The molecule has 5 nitrogen and oxygen atoms in total. The molecule has 1 saturated heterocycles. The van der Waals surface area contributed by atoms with Crippen LogP contribution < -0.4 is 15.5 Å². The average molecular weight is 327 g/mol. The van der Waals surface area contributed by atoms with Gasteiger partial charge in [0.2, 0.25) is 11.8 Å². The highest BCUT2D eigenvalue weighted by atomic mass is 16.2. The molecule has 3 fully saturated rings. The predicted octanol–water partition coefficient (Wildman–Crippen LogP) is 2.53. The highest BCUT2D eigenvalue weighted by Crippen LogP contribution is 2.40. The molecule has 2 N–H and O–H groups in total. The average Bonchev–Trinajstić information content (AvgIpc) is 3.50. The summed E-state index contributed by atoms with van der Waals surface area (Å²) in [5, 5.41) is 5.93. The molecule has 2 saturated carbocycles. The minimum atomic E-state index is -0.162. The van der Waals surface area contributed by atoms with Gasteiger partial charge in [-0.2, -0.15) is 0 Å². The zero-order chi connectivity index (χ0) is 16.5. The van der Waals surface area contributed by atoms with Gasteiger partial charge in [0.1, 0.15) is 0 Å². The lowest BCUT2D eigenvalue weighted by Gasteiger charge is -2.28. The first-order valence-electron chi connectivity index (χ1n) is 9.17. The van der Waals surface area contributed by atoms with Crippen molar-refractivity contribution in [3.05, 3.63) is 24.3 Å². The third-order valence-corrected chi connectivity index (χ3v) is 5.24. The zero-order valence-corrected chi connectivity index (χ0v) is 14.0. The Labute approximate surface area is 142 Å². The van der Waals surface area contributed by atoms with E-state index in [4.69, 9.17) is 0 Å². The van der Waals surface area contributed by atoms with E-state index in [9.17, 15) is 9.59 Å². The molecule has 0 spiro atoms. The summed E-state index contributed by atoms with van der Waals surface area (Å²) in [6.07, 6.45) is 6.67. The molecule has 0 radical (unpaired) electrons. The van der Waals surface area contributed by atoms with Gasteiger partial charge in [-0.15, -0.1) is 0 Å². The number of amides is 2. The number of carbonyl (C=O) groups is 2. The molecule has 1 aromatic rings. The van der Waals surface area contributed by atoms with Crippen LogP contribution in [0.2, 0.25) is 0 Å². The van der Waals surface area contributed by atoms with E-state index in [0.717, 1.165) is 31.6 Å². The molecule has 4 rings (SSSR count). The van der Waals surface area contributed by atoms with Crippen molar-refractivity contribution in [1.82, 2.24) is 5.32 Å². The highest BCUT2D eigenvalue weighted by molar-refractivity contribution is 5.99. The van der Waals surface area contributed by atoms with Crippen LogP contribution in [0.5, 0.6) is 0 Å². The van der Waals surface area contributed by atoms with Gasteiger partial charge in [-0.05, 0) is 62.8 Å². The predicted molar refractivity (Wildman–Crippen MR) is 93.9 cm³/mol. The molecule has 0 aromatic heterocycles. The van der Waals surface area contributed by atoms with Crippen molar-refractivity contribution in [3.63, 3.8) is 0 Å². The molecule has 2 atom stereocenters. The third-order valence-electron chi connectivity index (χ3n) is 5.24. The third kappa shape index (κ3) is 3.55. The maximum atomic E-state index is 12.3. The van der Waals surface area contributed by atoms with E-state index in [0.29, 0.717) is 12.5 Å². The van der Waals surface area contributed by atoms with Crippen LogP contribution in [-0.4, -0.2) is 30.9 Å². The molecular weight excluding hydrogens is 302 g/mol. The van der Waals surface area contributed by atoms with Crippen molar-refractivity contribution in [1.29, 1.82) is 0 Å². The molecule has 2 unspecified atom stereocenters. The van der Waals surface area contributed by atoms with Gasteiger partial charge < -0.3 is 15.5 Å². The minimum absolute atomic E-state index is 0.0309. The molecule has 1 heterocycles. The number of piperidine rings is 1. The molecule has 24 heavy (non-hydrogen) atoms. The topological polar surface area (TPSA) is 61.4 Å². The maximum Gasteiger partial charge on any atom is 0.228 e. The van der Waals surface area contributed by atoms with Gasteiger partial charge in [0.25, 0.3) is 0 Å². The molecule has 5 heteroatoms. The second kappa shape index (κ2) is 6.46. The molecule has 3 aliphatic rings. The first kappa shape index (κ1) is 15.5. The van der Waals surface area contributed by atoms with Gasteiger partial charge in [-0.1, -0.05) is 0 Å². The number of anilines is 2. The zero-order valence-electron chi connectivity index (χ0n) is 14.0. The molecule has 0 bridgehead atoms. The Morgan fingerprint density at radius 2 is 1.58 bits per heavy atom. The van der Waals surface area contributed by atoms with E-state index < -0.39 is 0 Å². The Kier molecular flexibility index (Phi) is 4.17. The SMILES string of the molecule is O=C(Nc1ccc(N2CCCCC2)cc1)C1CC1C(=O)NC1CC1. The van der Waals surface area contributed by atoms with Crippen molar-refractivity contribution in [3.8, 4) is 0 Å². The fraction of sp³-hybridized carbons (Fsp3) is 0.579. The van der Waals surface area contributed by atoms with Gasteiger partial charge in [0, 0.05) is 30.5 Å². The minimum Gasteiger partial charge on any atom is -0.372 e. The van der Waals surface area contributed by atoms with Crippen LogP contribution >= 0.6 is 0 Å². The molecule has 1 aromatic carbocycles. The summed E-state index contributed by atoms with van der Waals surface area (Å²) < 4.78 is 0. The summed E-state index contributed by atoms with van der Waals surface area (Å²) in [7, 11) is 0. The van der Waals surface area contributed by atoms with Crippen molar-refractivity contribution >= 4 is 23.2 Å². The number of hydrogen-bond acceptors (Lipinski definition) is 3. The molecule has 128 valence electrons. The lowest BCUT2D eigenvalue weighted by Crippen LogP contribution is -2.29. The summed E-state index contributed by atoms with van der Waals surface area (Å²) in [6, 6.07) is 8.44. The summed E-state index contributed by atoms with van der Waals surface area (Å²) >= 11 is 0. The Bertz CT molecular complexity index is 618. The van der Waals surface area contributed by atoms with Gasteiger partial charge in [0.05, 0.1) is 11.8 Å². The number of rotatable bonds is 5. The van der Waals surface area contributed by atoms with Crippen molar-refractivity contribution < 1.29 is 9.59 Å². The molecular formula is C19H25N3O2. The monoisotopic (exact) mass is 327 g/mol. The number of nitrogens with one attached hydrogen (secondary N) is 2. The summed E-state index contributed by atoms with van der Waals surface area (Å²) in [5.41, 5.74) is 2.04. The van der Waals surface area contributed by atoms with Crippen molar-refractivity contribution in [2.45, 2.75) is 44.6 Å². The van der Waals surface area contributed by atoms with Crippen LogP contribution in [0, 0.1) is 11.8 Å². The normalized spacial score (nSPS) is 25.9. The van der Waals surface area contributed by atoms with Gasteiger partial charge >= 0.3 is 0 Å². The van der Waals surface area contributed by atoms with Gasteiger partial charge in [-0.3, -0.25) is 9.59 Å². The van der Waals surface area contributed by atoms with E-state index in [-0.39, 0.29) is 23.7 Å². The van der Waals surface area contributed by atoms with Crippen LogP contribution in [-0.2, 0) is 9.59 Å². The summed E-state index contributed by atoms with van der Waals surface area (Å²) in [5.74, 6) is -0.265. The van der Waals surface area contributed by atoms with Crippen LogP contribution in [0.1, 0.15) is 38.5 Å². The standard InChI is InChI=1S/C19H25N3O2/c23-18(20-13-4-5-13)16-12-17(16)19(24)21-14-6-8-15(9-7-14)22-10-2-1-3-11-22/h6-9,13,16-17H,1-5,10-12H2,(H,20,23)(H,21,24). The van der Waals surface area contributed by atoms with Crippen molar-refractivity contribution in [2.75, 3.05) is 23.3 Å². The highest BCUT2D eigenvalue weighted by Gasteiger charge is 2.48.